The van der Waals surface area contributed by atoms with Gasteiger partial charge in [-0.1, -0.05) is 84.8 Å². The Morgan fingerprint density at radius 3 is 2.06 bits per heavy atom. The summed E-state index contributed by atoms with van der Waals surface area (Å²) in [6, 6.07) is 33.4. The van der Waals surface area contributed by atoms with Gasteiger partial charge in [-0.2, -0.15) is 0 Å². The molecule has 5 rings (SSSR count). The van der Waals surface area contributed by atoms with Crippen molar-refractivity contribution in [1.29, 1.82) is 0 Å². The molecule has 0 fully saturated rings. The van der Waals surface area contributed by atoms with E-state index in [1.54, 1.807) is 4.57 Å². The van der Waals surface area contributed by atoms with Crippen LogP contribution >= 0.6 is 0 Å². The molecule has 6 heteroatoms. The van der Waals surface area contributed by atoms with Gasteiger partial charge in [-0.3, -0.25) is 0 Å². The molecule has 0 aliphatic rings. The number of aromatic nitrogens is 3. The van der Waals surface area contributed by atoms with Gasteiger partial charge in [0.1, 0.15) is 24.7 Å². The smallest absolute Gasteiger partial charge is 0.319 e. The SMILES string of the molecule is CCc1cccc(-n2c(O)nnc2-c2ccc(OCc3ccccc3)cc2OCc2ccccc2)c1. The summed E-state index contributed by atoms with van der Waals surface area (Å²) in [5.41, 5.74) is 4.75. The predicted octanol–water partition coefficient (Wildman–Crippen LogP) is 6.36. The molecule has 0 aliphatic heterocycles. The Balaban J connectivity index is 1.51. The summed E-state index contributed by atoms with van der Waals surface area (Å²) in [6.07, 6.45) is 0.880. The fraction of sp³-hybridized carbons (Fsp3) is 0.133. The molecule has 6 nitrogen and oxygen atoms in total. The monoisotopic (exact) mass is 477 g/mol. The van der Waals surface area contributed by atoms with E-state index in [1.807, 2.05) is 97.1 Å². The number of hydrogen-bond donors (Lipinski definition) is 1. The molecule has 1 N–H and O–H groups in total. The standard InChI is InChI=1S/C30H27N3O3/c1-2-22-14-9-15-25(18-22)33-29(31-32-30(33)34)27-17-16-26(35-20-23-10-5-3-6-11-23)19-28(27)36-21-24-12-7-4-8-13-24/h3-19H,2,20-21H2,1H3,(H,32,34). The minimum Gasteiger partial charge on any atom is -0.489 e. The number of hydrogen-bond acceptors (Lipinski definition) is 5. The van der Waals surface area contributed by atoms with Crippen LogP contribution in [-0.2, 0) is 19.6 Å². The summed E-state index contributed by atoms with van der Waals surface area (Å²) in [5, 5.41) is 18.9. The molecule has 0 bridgehead atoms. The third kappa shape index (κ3) is 5.23. The van der Waals surface area contributed by atoms with Crippen molar-refractivity contribution in [1.82, 2.24) is 14.8 Å². The Labute approximate surface area is 210 Å². The first-order chi connectivity index (χ1) is 17.7. The van der Waals surface area contributed by atoms with Crippen LogP contribution < -0.4 is 9.47 Å². The molecule has 0 spiro atoms. The molecule has 0 aliphatic carbocycles. The summed E-state index contributed by atoms with van der Waals surface area (Å²) in [4.78, 5) is 0. The van der Waals surface area contributed by atoms with E-state index in [9.17, 15) is 5.11 Å². The van der Waals surface area contributed by atoms with Crippen molar-refractivity contribution >= 4 is 0 Å². The average Bonchev–Trinajstić information content (AvgIpc) is 3.33. The molecule has 5 aromatic rings. The van der Waals surface area contributed by atoms with Crippen LogP contribution in [0.2, 0.25) is 0 Å². The highest BCUT2D eigenvalue weighted by molar-refractivity contribution is 5.68. The maximum atomic E-state index is 10.6. The Morgan fingerprint density at radius 1 is 0.694 bits per heavy atom. The molecule has 0 unspecified atom stereocenters. The van der Waals surface area contributed by atoms with Crippen LogP contribution in [-0.4, -0.2) is 19.9 Å². The van der Waals surface area contributed by atoms with E-state index in [4.69, 9.17) is 9.47 Å². The van der Waals surface area contributed by atoms with Crippen LogP contribution in [0.25, 0.3) is 17.1 Å². The van der Waals surface area contributed by atoms with Crippen molar-refractivity contribution in [2.45, 2.75) is 26.6 Å². The second-order valence-corrected chi connectivity index (χ2v) is 8.39. The molecular weight excluding hydrogens is 450 g/mol. The molecule has 180 valence electrons. The lowest BCUT2D eigenvalue weighted by Crippen LogP contribution is -2.03. The third-order valence-corrected chi connectivity index (χ3v) is 5.90. The first kappa shape index (κ1) is 23.2. The van der Waals surface area contributed by atoms with Gasteiger partial charge in [0.05, 0.1) is 11.3 Å². The number of benzene rings is 4. The highest BCUT2D eigenvalue weighted by atomic mass is 16.5. The minimum atomic E-state index is -0.184. The van der Waals surface area contributed by atoms with Crippen LogP contribution in [0.1, 0.15) is 23.6 Å². The number of aryl methyl sites for hydroxylation is 1. The highest BCUT2D eigenvalue weighted by Crippen LogP contribution is 2.36. The lowest BCUT2D eigenvalue weighted by atomic mass is 10.1. The number of nitrogens with zero attached hydrogens (tertiary/aromatic N) is 3. The van der Waals surface area contributed by atoms with E-state index in [0.29, 0.717) is 36.1 Å². The van der Waals surface area contributed by atoms with Gasteiger partial charge in [-0.25, -0.2) is 4.57 Å². The molecule has 1 heterocycles. The topological polar surface area (TPSA) is 69.4 Å². The molecule has 0 saturated carbocycles. The van der Waals surface area contributed by atoms with Gasteiger partial charge in [0.15, 0.2) is 5.82 Å². The van der Waals surface area contributed by atoms with Gasteiger partial charge in [-0.15, -0.1) is 5.10 Å². The van der Waals surface area contributed by atoms with E-state index >= 15 is 0 Å². The van der Waals surface area contributed by atoms with Gasteiger partial charge in [0.25, 0.3) is 0 Å². The van der Waals surface area contributed by atoms with E-state index in [-0.39, 0.29) is 6.01 Å². The summed E-state index contributed by atoms with van der Waals surface area (Å²) < 4.78 is 14.0. The van der Waals surface area contributed by atoms with Crippen molar-refractivity contribution in [3.8, 4) is 34.6 Å². The third-order valence-electron chi connectivity index (χ3n) is 5.90. The van der Waals surface area contributed by atoms with Crippen molar-refractivity contribution < 1.29 is 14.6 Å². The lowest BCUT2D eigenvalue weighted by Gasteiger charge is -2.15. The molecule has 36 heavy (non-hydrogen) atoms. The lowest BCUT2D eigenvalue weighted by molar-refractivity contribution is 0.290. The van der Waals surface area contributed by atoms with Crippen molar-refractivity contribution in [3.63, 3.8) is 0 Å². The first-order valence-corrected chi connectivity index (χ1v) is 11.9. The van der Waals surface area contributed by atoms with Gasteiger partial charge < -0.3 is 14.6 Å². The Kier molecular flexibility index (Phi) is 6.94. The maximum absolute atomic E-state index is 10.6. The Bertz CT molecular complexity index is 1430. The van der Waals surface area contributed by atoms with E-state index < -0.39 is 0 Å². The molecule has 0 radical (unpaired) electrons. The zero-order valence-electron chi connectivity index (χ0n) is 20.0. The normalized spacial score (nSPS) is 10.8. The van der Waals surface area contributed by atoms with Crippen LogP contribution in [0, 0.1) is 0 Å². The summed E-state index contributed by atoms with van der Waals surface area (Å²) in [6.45, 7) is 2.91. The highest BCUT2D eigenvalue weighted by Gasteiger charge is 2.20. The Hall–Kier alpha value is -4.58. The quantitative estimate of drug-likeness (QED) is 0.267. The zero-order valence-corrected chi connectivity index (χ0v) is 20.0. The van der Waals surface area contributed by atoms with Gasteiger partial charge in [0.2, 0.25) is 0 Å². The summed E-state index contributed by atoms with van der Waals surface area (Å²) in [7, 11) is 0. The Morgan fingerprint density at radius 2 is 1.36 bits per heavy atom. The van der Waals surface area contributed by atoms with E-state index in [2.05, 4.69) is 23.2 Å². The average molecular weight is 478 g/mol. The predicted molar refractivity (Wildman–Crippen MR) is 139 cm³/mol. The summed E-state index contributed by atoms with van der Waals surface area (Å²) >= 11 is 0. The van der Waals surface area contributed by atoms with Crippen LogP contribution in [0.15, 0.2) is 103 Å². The molecule has 1 aromatic heterocycles. The van der Waals surface area contributed by atoms with E-state index in [1.165, 1.54) is 0 Å². The van der Waals surface area contributed by atoms with Gasteiger partial charge in [-0.05, 0) is 47.4 Å². The van der Waals surface area contributed by atoms with Crippen molar-refractivity contribution in [2.75, 3.05) is 0 Å². The second kappa shape index (κ2) is 10.8. The fourth-order valence-electron chi connectivity index (χ4n) is 3.98. The molecule has 0 saturated heterocycles. The van der Waals surface area contributed by atoms with Crippen LogP contribution in [0.5, 0.6) is 17.5 Å². The zero-order chi connectivity index (χ0) is 24.7. The van der Waals surface area contributed by atoms with Crippen molar-refractivity contribution in [3.05, 3.63) is 120 Å². The summed E-state index contributed by atoms with van der Waals surface area (Å²) in [5.74, 6) is 1.75. The van der Waals surface area contributed by atoms with Gasteiger partial charge in [0, 0.05) is 6.07 Å². The molecule has 0 amide bonds. The van der Waals surface area contributed by atoms with E-state index in [0.717, 1.165) is 28.8 Å². The first-order valence-electron chi connectivity index (χ1n) is 11.9. The minimum absolute atomic E-state index is 0.184. The molecule has 4 aromatic carbocycles. The number of rotatable bonds is 9. The largest absolute Gasteiger partial charge is 0.489 e. The fourth-order valence-corrected chi connectivity index (χ4v) is 3.98. The van der Waals surface area contributed by atoms with Crippen LogP contribution in [0.4, 0.5) is 0 Å². The second-order valence-electron chi connectivity index (χ2n) is 8.39. The number of ether oxygens (including phenoxy) is 2. The molecular formula is C30H27N3O3. The van der Waals surface area contributed by atoms with Crippen LogP contribution in [0.3, 0.4) is 0 Å². The van der Waals surface area contributed by atoms with Crippen molar-refractivity contribution in [2.24, 2.45) is 0 Å². The maximum Gasteiger partial charge on any atom is 0.319 e. The molecule has 0 atom stereocenters. The number of aromatic hydroxyl groups is 1. The van der Waals surface area contributed by atoms with Gasteiger partial charge >= 0.3 is 6.01 Å².